The van der Waals surface area contributed by atoms with E-state index in [0.29, 0.717) is 11.1 Å². The van der Waals surface area contributed by atoms with Crippen LogP contribution in [0.3, 0.4) is 0 Å². The van der Waals surface area contributed by atoms with E-state index in [2.05, 4.69) is 0 Å². The van der Waals surface area contributed by atoms with Gasteiger partial charge in [0, 0.05) is 22.6 Å². The highest BCUT2D eigenvalue weighted by Gasteiger charge is 2.08. The summed E-state index contributed by atoms with van der Waals surface area (Å²) in [6.07, 6.45) is 5.68. The topological polar surface area (TPSA) is 34.1 Å². The van der Waals surface area contributed by atoms with Gasteiger partial charge in [0.15, 0.2) is 0 Å². The lowest BCUT2D eigenvalue weighted by atomic mass is 10.0. The van der Waals surface area contributed by atoms with Crippen LogP contribution in [0.4, 0.5) is 0 Å². The zero-order chi connectivity index (χ0) is 12.0. The molecule has 4 heteroatoms. The van der Waals surface area contributed by atoms with Crippen molar-refractivity contribution >= 4 is 36.1 Å². The molecule has 1 rings (SSSR count). The Hall–Kier alpha value is -0.740. The van der Waals surface area contributed by atoms with Crippen molar-refractivity contribution in [2.75, 3.05) is 12.5 Å². The van der Waals surface area contributed by atoms with Gasteiger partial charge in [0.2, 0.25) is 0 Å². The summed E-state index contributed by atoms with van der Waals surface area (Å²) < 4.78 is 0. The quantitative estimate of drug-likeness (QED) is 0.731. The SMILES string of the molecule is CSCc1cc(C=O)c(CSC)cc1C=O. The van der Waals surface area contributed by atoms with Crippen LogP contribution in [0.15, 0.2) is 12.1 Å². The molecule has 16 heavy (non-hydrogen) atoms. The normalized spacial score (nSPS) is 10.1. The summed E-state index contributed by atoms with van der Waals surface area (Å²) in [6, 6.07) is 3.66. The first-order valence-electron chi connectivity index (χ1n) is 4.80. The van der Waals surface area contributed by atoms with E-state index >= 15 is 0 Å². The van der Waals surface area contributed by atoms with Gasteiger partial charge in [-0.15, -0.1) is 0 Å². The molecule has 0 aromatic heterocycles. The highest BCUT2D eigenvalue weighted by Crippen LogP contribution is 2.21. The Morgan fingerprint density at radius 3 is 1.56 bits per heavy atom. The molecule has 0 bridgehead atoms. The maximum atomic E-state index is 11.0. The van der Waals surface area contributed by atoms with Crippen LogP contribution in [-0.2, 0) is 11.5 Å². The van der Waals surface area contributed by atoms with Gasteiger partial charge in [-0.25, -0.2) is 0 Å². The zero-order valence-corrected chi connectivity index (χ0v) is 11.0. The third-order valence-corrected chi connectivity index (χ3v) is 3.45. The van der Waals surface area contributed by atoms with E-state index in [9.17, 15) is 9.59 Å². The number of rotatable bonds is 6. The molecule has 0 aliphatic heterocycles. The van der Waals surface area contributed by atoms with Gasteiger partial charge in [0.25, 0.3) is 0 Å². The van der Waals surface area contributed by atoms with Crippen molar-refractivity contribution in [3.05, 3.63) is 34.4 Å². The van der Waals surface area contributed by atoms with E-state index in [-0.39, 0.29) is 0 Å². The fourth-order valence-electron chi connectivity index (χ4n) is 1.51. The molecule has 0 N–H and O–H groups in total. The monoisotopic (exact) mass is 254 g/mol. The maximum absolute atomic E-state index is 11.0. The number of carbonyl (C=O) groups excluding carboxylic acids is 2. The van der Waals surface area contributed by atoms with Crippen LogP contribution in [0.2, 0.25) is 0 Å². The second-order valence-corrected chi connectivity index (χ2v) is 5.08. The second-order valence-electron chi connectivity index (χ2n) is 3.35. The van der Waals surface area contributed by atoms with E-state index in [4.69, 9.17) is 0 Å². The van der Waals surface area contributed by atoms with Crippen LogP contribution in [0.1, 0.15) is 31.8 Å². The summed E-state index contributed by atoms with van der Waals surface area (Å²) in [5, 5.41) is 0. The zero-order valence-electron chi connectivity index (χ0n) is 9.36. The van der Waals surface area contributed by atoms with Crippen LogP contribution < -0.4 is 0 Å². The molecule has 86 valence electrons. The minimum Gasteiger partial charge on any atom is -0.298 e. The van der Waals surface area contributed by atoms with Crippen LogP contribution in [0.25, 0.3) is 0 Å². The summed E-state index contributed by atoms with van der Waals surface area (Å²) >= 11 is 3.29. The Labute approximate surface area is 104 Å². The van der Waals surface area contributed by atoms with Crippen molar-refractivity contribution in [1.29, 1.82) is 0 Å². The molecule has 0 spiro atoms. The Bertz CT molecular complexity index is 351. The Morgan fingerprint density at radius 2 is 1.31 bits per heavy atom. The van der Waals surface area contributed by atoms with Gasteiger partial charge in [-0.05, 0) is 35.8 Å². The van der Waals surface area contributed by atoms with Crippen molar-refractivity contribution < 1.29 is 9.59 Å². The van der Waals surface area contributed by atoms with Crippen LogP contribution in [0.5, 0.6) is 0 Å². The van der Waals surface area contributed by atoms with Crippen LogP contribution >= 0.6 is 23.5 Å². The fraction of sp³-hybridized carbons (Fsp3) is 0.333. The minimum absolute atomic E-state index is 0.698. The Balaban J connectivity index is 3.21. The highest BCUT2D eigenvalue weighted by atomic mass is 32.2. The van der Waals surface area contributed by atoms with Gasteiger partial charge in [-0.3, -0.25) is 9.59 Å². The summed E-state index contributed by atoms with van der Waals surface area (Å²) in [7, 11) is 0. The smallest absolute Gasteiger partial charge is 0.150 e. The first kappa shape index (κ1) is 13.3. The first-order chi connectivity index (χ1) is 7.76. The first-order valence-corrected chi connectivity index (χ1v) is 7.59. The molecule has 0 aliphatic carbocycles. The summed E-state index contributed by atoms with van der Waals surface area (Å²) in [5.74, 6) is 1.52. The van der Waals surface area contributed by atoms with Gasteiger partial charge < -0.3 is 0 Å². The number of carbonyl (C=O) groups is 2. The third kappa shape index (κ3) is 3.12. The molecular weight excluding hydrogens is 240 g/mol. The van der Waals surface area contributed by atoms with E-state index < -0.39 is 0 Å². The van der Waals surface area contributed by atoms with E-state index in [1.807, 2.05) is 24.6 Å². The van der Waals surface area contributed by atoms with Gasteiger partial charge in [-0.1, -0.05) is 0 Å². The molecule has 0 atom stereocenters. The Morgan fingerprint density at radius 1 is 0.938 bits per heavy atom. The largest absolute Gasteiger partial charge is 0.298 e. The van der Waals surface area contributed by atoms with Crippen molar-refractivity contribution in [1.82, 2.24) is 0 Å². The number of hydrogen-bond acceptors (Lipinski definition) is 4. The molecule has 1 aromatic rings. The van der Waals surface area contributed by atoms with E-state index in [1.54, 1.807) is 23.5 Å². The van der Waals surface area contributed by atoms with Gasteiger partial charge in [0.1, 0.15) is 12.6 Å². The average molecular weight is 254 g/mol. The van der Waals surface area contributed by atoms with E-state index in [0.717, 1.165) is 35.2 Å². The molecule has 0 radical (unpaired) electrons. The third-order valence-electron chi connectivity index (χ3n) is 2.25. The standard InChI is InChI=1S/C12H14O2S2/c1-15-7-11-3-10(6-14)12(8-16-2)4-9(11)5-13/h3-6H,7-8H2,1-2H3. The molecule has 0 fully saturated rings. The van der Waals surface area contributed by atoms with Crippen molar-refractivity contribution in [3.8, 4) is 0 Å². The number of thioether (sulfide) groups is 2. The van der Waals surface area contributed by atoms with Crippen molar-refractivity contribution in [2.24, 2.45) is 0 Å². The molecule has 0 amide bonds. The van der Waals surface area contributed by atoms with Crippen LogP contribution in [0, 0.1) is 0 Å². The number of hydrogen-bond donors (Lipinski definition) is 0. The predicted molar refractivity (Wildman–Crippen MR) is 71.7 cm³/mol. The lowest BCUT2D eigenvalue weighted by Gasteiger charge is -2.09. The molecular formula is C12H14O2S2. The maximum Gasteiger partial charge on any atom is 0.150 e. The molecule has 0 aliphatic rings. The predicted octanol–water partition coefficient (Wildman–Crippen LogP) is 3.04. The van der Waals surface area contributed by atoms with Crippen LogP contribution in [-0.4, -0.2) is 25.1 Å². The molecule has 0 saturated heterocycles. The van der Waals surface area contributed by atoms with E-state index in [1.165, 1.54) is 0 Å². The molecule has 2 nitrogen and oxygen atoms in total. The highest BCUT2D eigenvalue weighted by molar-refractivity contribution is 7.98. The van der Waals surface area contributed by atoms with Gasteiger partial charge in [0.05, 0.1) is 0 Å². The van der Waals surface area contributed by atoms with Gasteiger partial charge in [-0.2, -0.15) is 23.5 Å². The number of benzene rings is 1. The molecule has 0 saturated carbocycles. The van der Waals surface area contributed by atoms with Crippen molar-refractivity contribution in [2.45, 2.75) is 11.5 Å². The molecule has 0 unspecified atom stereocenters. The summed E-state index contributed by atoms with van der Waals surface area (Å²) in [4.78, 5) is 21.9. The van der Waals surface area contributed by atoms with Gasteiger partial charge >= 0.3 is 0 Å². The van der Waals surface area contributed by atoms with Crippen molar-refractivity contribution in [3.63, 3.8) is 0 Å². The minimum atomic E-state index is 0.698. The second kappa shape index (κ2) is 6.76. The average Bonchev–Trinajstić information content (AvgIpc) is 2.31. The molecule has 1 aromatic carbocycles. The fourth-order valence-corrected chi connectivity index (χ4v) is 2.63. The lowest BCUT2D eigenvalue weighted by Crippen LogP contribution is -1.99. The summed E-state index contributed by atoms with van der Waals surface area (Å²) in [5.41, 5.74) is 3.27. The lowest BCUT2D eigenvalue weighted by molar-refractivity contribution is 0.111. The summed E-state index contributed by atoms with van der Waals surface area (Å²) in [6.45, 7) is 0. The molecule has 0 heterocycles. The number of aldehydes is 2. The Kier molecular flexibility index (Phi) is 5.63.